The van der Waals surface area contributed by atoms with Crippen LogP contribution in [0.3, 0.4) is 0 Å². The van der Waals surface area contributed by atoms with Crippen molar-refractivity contribution in [3.63, 3.8) is 0 Å². The van der Waals surface area contributed by atoms with E-state index in [0.29, 0.717) is 23.4 Å². The van der Waals surface area contributed by atoms with Crippen LogP contribution in [0.5, 0.6) is 0 Å². The molecule has 0 radical (unpaired) electrons. The van der Waals surface area contributed by atoms with Crippen LogP contribution in [0.4, 0.5) is 11.6 Å². The second-order valence-electron chi connectivity index (χ2n) is 7.28. The van der Waals surface area contributed by atoms with Gasteiger partial charge in [-0.3, -0.25) is 14.3 Å². The fourth-order valence-electron chi connectivity index (χ4n) is 4.29. The number of nitrogens with zero attached hydrogens (tertiary/aromatic N) is 3. The van der Waals surface area contributed by atoms with E-state index < -0.39 is 0 Å². The molecular weight excluding hydrogens is 338 g/mol. The molecule has 0 saturated heterocycles. The molecule has 27 heavy (non-hydrogen) atoms. The van der Waals surface area contributed by atoms with Crippen LogP contribution in [0.15, 0.2) is 53.6 Å². The standard InChI is InChI=1S/C21H25N5O/c22-13-12-21(10-4-1-5-11-21)26-19(27)17-8-2-3-9-18(17)25-20(26)24-16-7-6-14-23-15-16/h2-3,6-9,14-15H,1,4-5,10-13,22H2,(H,24,25). The topological polar surface area (TPSA) is 85.8 Å². The first kappa shape index (κ1) is 17.7. The van der Waals surface area contributed by atoms with E-state index in [9.17, 15) is 4.79 Å². The van der Waals surface area contributed by atoms with Gasteiger partial charge in [0.15, 0.2) is 0 Å². The summed E-state index contributed by atoms with van der Waals surface area (Å²) in [5.74, 6) is 0.571. The number of anilines is 2. The molecule has 0 spiro atoms. The van der Waals surface area contributed by atoms with Gasteiger partial charge in [0, 0.05) is 6.20 Å². The number of nitrogens with two attached hydrogens (primary N) is 1. The fourth-order valence-corrected chi connectivity index (χ4v) is 4.29. The summed E-state index contributed by atoms with van der Waals surface area (Å²) in [5, 5.41) is 3.98. The van der Waals surface area contributed by atoms with Crippen molar-refractivity contribution in [3.05, 3.63) is 59.1 Å². The average Bonchev–Trinajstić information content (AvgIpc) is 2.70. The maximum absolute atomic E-state index is 13.5. The Bertz CT molecular complexity index is 971. The van der Waals surface area contributed by atoms with E-state index in [0.717, 1.165) is 37.8 Å². The molecule has 3 N–H and O–H groups in total. The number of pyridine rings is 1. The van der Waals surface area contributed by atoms with Gasteiger partial charge in [-0.25, -0.2) is 4.98 Å². The molecule has 0 bridgehead atoms. The van der Waals surface area contributed by atoms with Gasteiger partial charge in [0.25, 0.3) is 5.56 Å². The monoisotopic (exact) mass is 363 g/mol. The van der Waals surface area contributed by atoms with Gasteiger partial charge in [0.05, 0.1) is 28.3 Å². The van der Waals surface area contributed by atoms with Crippen LogP contribution in [-0.2, 0) is 5.54 Å². The lowest BCUT2D eigenvalue weighted by molar-refractivity contribution is 0.178. The Kier molecular flexibility index (Phi) is 4.90. The molecule has 140 valence electrons. The van der Waals surface area contributed by atoms with Crippen molar-refractivity contribution in [2.45, 2.75) is 44.1 Å². The molecule has 3 aromatic rings. The minimum atomic E-state index is -0.286. The molecule has 1 fully saturated rings. The number of fused-ring (bicyclic) bond motifs is 1. The van der Waals surface area contributed by atoms with Crippen molar-refractivity contribution in [1.82, 2.24) is 14.5 Å². The SMILES string of the molecule is NCCC1(n2c(Nc3cccnc3)nc3ccccc3c2=O)CCCCC1. The number of benzene rings is 1. The molecular formula is C21H25N5O. The third kappa shape index (κ3) is 3.32. The van der Waals surface area contributed by atoms with Crippen molar-refractivity contribution in [3.8, 4) is 0 Å². The summed E-state index contributed by atoms with van der Waals surface area (Å²) in [6, 6.07) is 11.3. The minimum Gasteiger partial charge on any atom is -0.330 e. The summed E-state index contributed by atoms with van der Waals surface area (Å²) < 4.78 is 1.88. The van der Waals surface area contributed by atoms with Gasteiger partial charge in [-0.1, -0.05) is 31.4 Å². The van der Waals surface area contributed by atoms with Gasteiger partial charge in [0.1, 0.15) is 0 Å². The Labute approximate surface area is 158 Å². The molecule has 0 aliphatic heterocycles. The number of nitrogens with one attached hydrogen (secondary N) is 1. The third-order valence-corrected chi connectivity index (χ3v) is 5.56. The fraction of sp³-hybridized carbons (Fsp3) is 0.381. The van der Waals surface area contributed by atoms with Crippen LogP contribution in [0, 0.1) is 0 Å². The van der Waals surface area contributed by atoms with Crippen molar-refractivity contribution >= 4 is 22.5 Å². The predicted molar refractivity (Wildman–Crippen MR) is 108 cm³/mol. The minimum absolute atomic E-state index is 0.00217. The van der Waals surface area contributed by atoms with Crippen LogP contribution < -0.4 is 16.6 Å². The number of rotatable bonds is 5. The second kappa shape index (κ2) is 7.48. The summed E-state index contributed by atoms with van der Waals surface area (Å²) in [5.41, 5.74) is 7.21. The Hall–Kier alpha value is -2.73. The van der Waals surface area contributed by atoms with E-state index in [4.69, 9.17) is 10.7 Å². The van der Waals surface area contributed by atoms with E-state index in [2.05, 4.69) is 10.3 Å². The molecule has 1 aromatic carbocycles. The zero-order chi connectivity index (χ0) is 18.7. The van der Waals surface area contributed by atoms with Gasteiger partial charge < -0.3 is 11.1 Å². The van der Waals surface area contributed by atoms with Gasteiger partial charge in [-0.05, 0) is 50.1 Å². The highest BCUT2D eigenvalue weighted by atomic mass is 16.1. The summed E-state index contributed by atoms with van der Waals surface area (Å²) in [6.45, 7) is 0.547. The van der Waals surface area contributed by atoms with Crippen LogP contribution in [-0.4, -0.2) is 21.1 Å². The first-order chi connectivity index (χ1) is 13.2. The Balaban J connectivity index is 1.94. The molecule has 1 saturated carbocycles. The average molecular weight is 363 g/mol. The van der Waals surface area contributed by atoms with Crippen LogP contribution in [0.2, 0.25) is 0 Å². The number of hydrogen-bond acceptors (Lipinski definition) is 5. The number of aromatic nitrogens is 3. The van der Waals surface area contributed by atoms with Gasteiger partial charge in [-0.2, -0.15) is 0 Å². The van der Waals surface area contributed by atoms with E-state index in [-0.39, 0.29) is 11.1 Å². The van der Waals surface area contributed by atoms with Crippen LogP contribution in [0.25, 0.3) is 10.9 Å². The zero-order valence-electron chi connectivity index (χ0n) is 15.4. The highest BCUT2D eigenvalue weighted by molar-refractivity contribution is 5.79. The highest BCUT2D eigenvalue weighted by Gasteiger charge is 2.36. The molecule has 6 heteroatoms. The Morgan fingerprint density at radius 2 is 1.93 bits per heavy atom. The number of para-hydroxylation sites is 1. The molecule has 2 aromatic heterocycles. The summed E-state index contributed by atoms with van der Waals surface area (Å²) >= 11 is 0. The van der Waals surface area contributed by atoms with Crippen molar-refractivity contribution in [2.24, 2.45) is 5.73 Å². The first-order valence-electron chi connectivity index (χ1n) is 9.63. The lowest BCUT2D eigenvalue weighted by Crippen LogP contribution is -2.45. The lowest BCUT2D eigenvalue weighted by atomic mass is 9.79. The van der Waals surface area contributed by atoms with E-state index >= 15 is 0 Å². The largest absolute Gasteiger partial charge is 0.330 e. The Morgan fingerprint density at radius 3 is 2.67 bits per heavy atom. The maximum atomic E-state index is 13.5. The molecule has 0 amide bonds. The molecule has 6 nitrogen and oxygen atoms in total. The summed E-state index contributed by atoms with van der Waals surface area (Å²) in [6.07, 6.45) is 9.54. The van der Waals surface area contributed by atoms with Gasteiger partial charge in [0.2, 0.25) is 5.95 Å². The zero-order valence-corrected chi connectivity index (χ0v) is 15.4. The lowest BCUT2D eigenvalue weighted by Gasteiger charge is -2.40. The third-order valence-electron chi connectivity index (χ3n) is 5.56. The van der Waals surface area contributed by atoms with Crippen molar-refractivity contribution in [2.75, 3.05) is 11.9 Å². The molecule has 1 aliphatic rings. The van der Waals surface area contributed by atoms with Crippen molar-refractivity contribution < 1.29 is 0 Å². The summed E-state index contributed by atoms with van der Waals surface area (Å²) in [4.78, 5) is 22.5. The highest BCUT2D eigenvalue weighted by Crippen LogP contribution is 2.39. The van der Waals surface area contributed by atoms with Crippen molar-refractivity contribution in [1.29, 1.82) is 0 Å². The van der Waals surface area contributed by atoms with Crippen LogP contribution >= 0.6 is 0 Å². The Morgan fingerprint density at radius 1 is 1.11 bits per heavy atom. The molecule has 0 unspecified atom stereocenters. The van der Waals surface area contributed by atoms with E-state index in [1.807, 2.05) is 41.0 Å². The summed E-state index contributed by atoms with van der Waals surface area (Å²) in [7, 11) is 0. The van der Waals surface area contributed by atoms with Crippen LogP contribution in [0.1, 0.15) is 38.5 Å². The quantitative estimate of drug-likeness (QED) is 0.724. The van der Waals surface area contributed by atoms with Gasteiger partial charge >= 0.3 is 0 Å². The van der Waals surface area contributed by atoms with Gasteiger partial charge in [-0.15, -0.1) is 0 Å². The molecule has 4 rings (SSSR count). The normalized spacial score (nSPS) is 16.3. The molecule has 0 atom stereocenters. The second-order valence-corrected chi connectivity index (χ2v) is 7.28. The maximum Gasteiger partial charge on any atom is 0.263 e. The predicted octanol–water partition coefficient (Wildman–Crippen LogP) is 3.54. The van der Waals surface area contributed by atoms with E-state index in [1.54, 1.807) is 12.4 Å². The molecule has 2 heterocycles. The first-order valence-corrected chi connectivity index (χ1v) is 9.63. The molecule has 1 aliphatic carbocycles. The van der Waals surface area contributed by atoms with E-state index in [1.165, 1.54) is 6.42 Å². The smallest absolute Gasteiger partial charge is 0.263 e. The number of hydrogen-bond donors (Lipinski definition) is 2.